The van der Waals surface area contributed by atoms with Crippen molar-refractivity contribution in [2.45, 2.75) is 25.7 Å². The molecule has 0 aliphatic carbocycles. The molecule has 3 heterocycles. The molecule has 162 valence electrons. The number of nitrogens with zero attached hydrogens (tertiary/aromatic N) is 3. The van der Waals surface area contributed by atoms with Gasteiger partial charge < -0.3 is 14.3 Å². The maximum atomic E-state index is 13.1. The molecule has 1 N–H and O–H groups in total. The minimum atomic E-state index is -0.243. The van der Waals surface area contributed by atoms with Gasteiger partial charge in [0, 0.05) is 43.0 Å². The first-order valence-corrected chi connectivity index (χ1v) is 10.7. The molecule has 0 radical (unpaired) electrons. The van der Waals surface area contributed by atoms with Crippen LogP contribution < -0.4 is 0 Å². The molecule has 0 spiro atoms. The van der Waals surface area contributed by atoms with Crippen LogP contribution >= 0.6 is 0 Å². The van der Waals surface area contributed by atoms with Crippen molar-refractivity contribution in [3.8, 4) is 0 Å². The Labute approximate surface area is 184 Å². The summed E-state index contributed by atoms with van der Waals surface area (Å²) in [5, 5.41) is 9.40. The fourth-order valence-electron chi connectivity index (χ4n) is 4.10. The lowest BCUT2D eigenvalue weighted by atomic mass is 9.99. The molecule has 1 aliphatic rings. The van der Waals surface area contributed by atoms with Gasteiger partial charge in [0.2, 0.25) is 17.7 Å². The summed E-state index contributed by atoms with van der Waals surface area (Å²) in [5.74, 6) is 0.846. The summed E-state index contributed by atoms with van der Waals surface area (Å²) in [7, 11) is 0. The monoisotopic (exact) mass is 430 g/mol. The van der Waals surface area contributed by atoms with Gasteiger partial charge in [-0.25, -0.2) is 4.39 Å². The molecular formula is C25H23FN4O2. The molecule has 0 saturated heterocycles. The van der Waals surface area contributed by atoms with E-state index in [1.807, 2.05) is 35.4 Å². The average Bonchev–Trinajstić information content (AvgIpc) is 3.45. The number of aromatic nitrogens is 3. The summed E-state index contributed by atoms with van der Waals surface area (Å²) in [4.78, 5) is 17.7. The van der Waals surface area contributed by atoms with Gasteiger partial charge >= 0.3 is 0 Å². The molecule has 0 bridgehead atoms. The van der Waals surface area contributed by atoms with Gasteiger partial charge in [-0.15, -0.1) is 10.2 Å². The number of benzene rings is 2. The van der Waals surface area contributed by atoms with E-state index < -0.39 is 0 Å². The zero-order valence-electron chi connectivity index (χ0n) is 17.6. The van der Waals surface area contributed by atoms with Crippen LogP contribution in [-0.2, 0) is 17.6 Å². The van der Waals surface area contributed by atoms with E-state index in [-0.39, 0.29) is 11.7 Å². The summed E-state index contributed by atoms with van der Waals surface area (Å²) in [5.41, 5.74) is 4.33. The van der Waals surface area contributed by atoms with Crippen molar-refractivity contribution in [3.63, 3.8) is 0 Å². The first-order valence-electron chi connectivity index (χ1n) is 10.7. The Bertz CT molecular complexity index is 1270. The van der Waals surface area contributed by atoms with Crippen molar-refractivity contribution in [3.05, 3.63) is 89.5 Å². The molecule has 32 heavy (non-hydrogen) atoms. The van der Waals surface area contributed by atoms with Gasteiger partial charge in [-0.1, -0.05) is 36.4 Å². The normalized spacial score (nSPS) is 14.0. The van der Waals surface area contributed by atoms with Crippen molar-refractivity contribution in [2.75, 3.05) is 13.1 Å². The number of rotatable bonds is 6. The van der Waals surface area contributed by atoms with E-state index >= 15 is 0 Å². The summed E-state index contributed by atoms with van der Waals surface area (Å²) >= 11 is 0. The number of aryl methyl sites for hydroxylation is 1. The first-order chi connectivity index (χ1) is 15.7. The Kier molecular flexibility index (Phi) is 5.54. The fraction of sp³-hybridized carbons (Fsp3) is 0.240. The van der Waals surface area contributed by atoms with Crippen LogP contribution in [0.1, 0.15) is 35.7 Å². The predicted molar refractivity (Wildman–Crippen MR) is 119 cm³/mol. The second-order valence-electron chi connectivity index (χ2n) is 7.95. The van der Waals surface area contributed by atoms with Crippen LogP contribution in [0.25, 0.3) is 16.5 Å². The number of H-pyrrole nitrogens is 1. The van der Waals surface area contributed by atoms with Crippen molar-refractivity contribution < 1.29 is 13.6 Å². The highest BCUT2D eigenvalue weighted by molar-refractivity contribution is 5.83. The molecule has 7 heteroatoms. The second kappa shape index (κ2) is 8.78. The number of hydrogen-bond donors (Lipinski definition) is 1. The lowest BCUT2D eigenvalue weighted by Gasteiger charge is -2.26. The molecule has 1 amide bonds. The smallest absolute Gasteiger partial charge is 0.223 e. The fourth-order valence-corrected chi connectivity index (χ4v) is 4.10. The maximum absolute atomic E-state index is 13.1. The van der Waals surface area contributed by atoms with Crippen molar-refractivity contribution in [1.29, 1.82) is 0 Å². The van der Waals surface area contributed by atoms with E-state index in [2.05, 4.69) is 21.2 Å². The van der Waals surface area contributed by atoms with Crippen LogP contribution in [0.2, 0.25) is 0 Å². The number of aromatic amines is 1. The predicted octanol–water partition coefficient (Wildman–Crippen LogP) is 4.53. The number of hydrogen-bond acceptors (Lipinski definition) is 4. The first kappa shape index (κ1) is 20.2. The quantitative estimate of drug-likeness (QED) is 0.488. The minimum Gasteiger partial charge on any atom is -0.425 e. The molecule has 0 saturated carbocycles. The molecule has 6 nitrogen and oxygen atoms in total. The number of fused-ring (bicyclic) bond motifs is 1. The molecule has 2 aromatic carbocycles. The lowest BCUT2D eigenvalue weighted by molar-refractivity contribution is -0.130. The topological polar surface area (TPSA) is 75.0 Å². The van der Waals surface area contributed by atoms with E-state index in [4.69, 9.17) is 4.42 Å². The van der Waals surface area contributed by atoms with Crippen molar-refractivity contribution in [1.82, 2.24) is 20.1 Å². The van der Waals surface area contributed by atoms with Gasteiger partial charge in [-0.2, -0.15) is 0 Å². The van der Waals surface area contributed by atoms with E-state index in [1.165, 1.54) is 12.1 Å². The number of amides is 1. The van der Waals surface area contributed by atoms with Crippen LogP contribution in [0.3, 0.4) is 0 Å². The van der Waals surface area contributed by atoms with Crippen LogP contribution in [0.5, 0.6) is 0 Å². The highest BCUT2D eigenvalue weighted by Crippen LogP contribution is 2.23. The molecule has 2 aromatic heterocycles. The van der Waals surface area contributed by atoms with E-state index in [0.717, 1.165) is 34.0 Å². The third-order valence-corrected chi connectivity index (χ3v) is 5.85. The molecule has 1 aliphatic heterocycles. The van der Waals surface area contributed by atoms with Crippen molar-refractivity contribution in [2.24, 2.45) is 0 Å². The molecule has 0 fully saturated rings. The average molecular weight is 430 g/mol. The number of nitrogens with one attached hydrogen (secondary N) is 1. The highest BCUT2D eigenvalue weighted by atomic mass is 19.1. The van der Waals surface area contributed by atoms with Crippen LogP contribution in [0, 0.1) is 5.82 Å². The molecule has 0 unspecified atom stereocenters. The SMILES string of the molecule is O=C(CCc1nnc(Cc2c[nH]c3ccccc23)o1)N1CC=C(c2ccc(F)cc2)CC1. The molecular weight excluding hydrogens is 407 g/mol. The van der Waals surface area contributed by atoms with Gasteiger partial charge in [-0.3, -0.25) is 4.79 Å². The lowest BCUT2D eigenvalue weighted by Crippen LogP contribution is -2.34. The van der Waals surface area contributed by atoms with Gasteiger partial charge in [-0.05, 0) is 41.3 Å². The zero-order valence-corrected chi connectivity index (χ0v) is 17.6. The Hall–Kier alpha value is -3.74. The van der Waals surface area contributed by atoms with Crippen LogP contribution in [0.15, 0.2) is 65.2 Å². The summed E-state index contributed by atoms with van der Waals surface area (Å²) in [6.45, 7) is 1.21. The number of carbonyl (C=O) groups is 1. The minimum absolute atomic E-state index is 0.0655. The Morgan fingerprint density at radius 1 is 1.09 bits per heavy atom. The standard InChI is InChI=1S/C25H23FN4O2/c26-20-7-5-17(6-8-20)18-11-13-30(14-12-18)25(31)10-9-23-28-29-24(32-23)15-19-16-27-22-4-2-1-3-21(19)22/h1-8,11,16,27H,9-10,12-15H2. The molecule has 5 rings (SSSR count). The second-order valence-corrected chi connectivity index (χ2v) is 7.95. The van der Waals surface area contributed by atoms with E-state index in [9.17, 15) is 9.18 Å². The van der Waals surface area contributed by atoms with E-state index in [0.29, 0.717) is 44.1 Å². The maximum Gasteiger partial charge on any atom is 0.223 e. The Morgan fingerprint density at radius 3 is 2.72 bits per heavy atom. The number of halogens is 1. The van der Waals surface area contributed by atoms with Gasteiger partial charge in [0.1, 0.15) is 5.82 Å². The third kappa shape index (κ3) is 4.32. The van der Waals surface area contributed by atoms with E-state index in [1.54, 1.807) is 12.1 Å². The summed E-state index contributed by atoms with van der Waals surface area (Å²) in [6, 6.07) is 14.6. The van der Waals surface area contributed by atoms with Crippen LogP contribution in [-0.4, -0.2) is 39.1 Å². The highest BCUT2D eigenvalue weighted by Gasteiger charge is 2.19. The molecule has 0 atom stereocenters. The Morgan fingerprint density at radius 2 is 1.91 bits per heavy atom. The van der Waals surface area contributed by atoms with Gasteiger partial charge in [0.05, 0.1) is 6.42 Å². The number of carbonyl (C=O) groups excluding carboxylic acids is 1. The third-order valence-electron chi connectivity index (χ3n) is 5.85. The largest absolute Gasteiger partial charge is 0.425 e. The Balaban J connectivity index is 1.15. The van der Waals surface area contributed by atoms with Crippen molar-refractivity contribution >= 4 is 22.4 Å². The van der Waals surface area contributed by atoms with Crippen LogP contribution in [0.4, 0.5) is 4.39 Å². The summed E-state index contributed by atoms with van der Waals surface area (Å²) < 4.78 is 18.9. The van der Waals surface area contributed by atoms with Gasteiger partial charge in [0.15, 0.2) is 0 Å². The zero-order chi connectivity index (χ0) is 21.9. The summed E-state index contributed by atoms with van der Waals surface area (Å²) in [6.07, 6.45) is 6.06. The van der Waals surface area contributed by atoms with Gasteiger partial charge in [0.25, 0.3) is 0 Å². The molecule has 4 aromatic rings. The number of para-hydroxylation sites is 1.